The first-order chi connectivity index (χ1) is 12.8. The lowest BCUT2D eigenvalue weighted by molar-refractivity contribution is 0.307. The molecule has 2 aromatic carbocycles. The third-order valence-electron chi connectivity index (χ3n) is 4.12. The summed E-state index contributed by atoms with van der Waals surface area (Å²) in [5.41, 5.74) is 2.87. The molecule has 1 heterocycles. The van der Waals surface area contributed by atoms with Gasteiger partial charge in [-0.3, -0.25) is 9.29 Å². The van der Waals surface area contributed by atoms with Gasteiger partial charge in [0.1, 0.15) is 18.2 Å². The zero-order valence-electron chi connectivity index (χ0n) is 15.0. The maximum absolute atomic E-state index is 13.2. The minimum absolute atomic E-state index is 0.281. The van der Waals surface area contributed by atoms with E-state index in [1.54, 1.807) is 36.7 Å². The van der Waals surface area contributed by atoms with Crippen molar-refractivity contribution < 1.29 is 17.5 Å². The monoisotopic (exact) mass is 386 g/mol. The van der Waals surface area contributed by atoms with E-state index in [0.717, 1.165) is 22.9 Å². The van der Waals surface area contributed by atoms with Crippen molar-refractivity contribution >= 4 is 15.7 Å². The first-order valence-electron chi connectivity index (χ1n) is 8.20. The summed E-state index contributed by atoms with van der Waals surface area (Å²) in [6.07, 6.45) is 4.46. The van der Waals surface area contributed by atoms with E-state index in [4.69, 9.17) is 4.74 Å². The van der Waals surface area contributed by atoms with Crippen LogP contribution in [-0.4, -0.2) is 26.7 Å². The number of sulfonamides is 1. The molecular formula is C20H19FN2O3S. The van der Waals surface area contributed by atoms with Gasteiger partial charge in [-0.15, -0.1) is 0 Å². The van der Waals surface area contributed by atoms with Crippen LogP contribution < -0.4 is 9.04 Å². The highest BCUT2D eigenvalue weighted by molar-refractivity contribution is 7.92. The Hall–Kier alpha value is -2.93. The third-order valence-corrected chi connectivity index (χ3v) is 5.31. The molecule has 0 aliphatic rings. The van der Waals surface area contributed by atoms with E-state index in [-0.39, 0.29) is 12.4 Å². The number of hydrogen-bond donors (Lipinski definition) is 0. The van der Waals surface area contributed by atoms with Gasteiger partial charge in [0.05, 0.1) is 11.9 Å². The minimum atomic E-state index is -3.48. The van der Waals surface area contributed by atoms with E-state index in [1.807, 2.05) is 18.2 Å². The van der Waals surface area contributed by atoms with E-state index >= 15 is 0 Å². The van der Waals surface area contributed by atoms with Gasteiger partial charge in [0.25, 0.3) is 0 Å². The molecule has 0 saturated heterocycles. The van der Waals surface area contributed by atoms with Crippen molar-refractivity contribution in [1.29, 1.82) is 0 Å². The zero-order valence-corrected chi connectivity index (χ0v) is 15.8. The van der Waals surface area contributed by atoms with Gasteiger partial charge in [-0.05, 0) is 53.1 Å². The molecule has 5 nitrogen and oxygen atoms in total. The Morgan fingerprint density at radius 3 is 2.26 bits per heavy atom. The van der Waals surface area contributed by atoms with Crippen molar-refractivity contribution in [3.8, 4) is 16.9 Å². The molecule has 0 saturated carbocycles. The van der Waals surface area contributed by atoms with Gasteiger partial charge >= 0.3 is 0 Å². The Morgan fingerprint density at radius 1 is 1.00 bits per heavy atom. The second-order valence-corrected chi connectivity index (χ2v) is 8.08. The van der Waals surface area contributed by atoms with Crippen LogP contribution in [0.15, 0.2) is 67.0 Å². The molecule has 0 fully saturated rings. The fraction of sp³-hybridized carbons (Fsp3) is 0.150. The lowest BCUT2D eigenvalue weighted by atomic mass is 10.0. The molecule has 0 amide bonds. The number of anilines is 1. The Morgan fingerprint density at radius 2 is 1.63 bits per heavy atom. The van der Waals surface area contributed by atoms with E-state index in [2.05, 4.69) is 4.98 Å². The van der Waals surface area contributed by atoms with Crippen molar-refractivity contribution in [3.63, 3.8) is 0 Å². The number of aromatic nitrogens is 1. The number of halogens is 1. The van der Waals surface area contributed by atoms with Gasteiger partial charge in [0.2, 0.25) is 10.0 Å². The Bertz CT molecular complexity index is 1020. The largest absolute Gasteiger partial charge is 0.487 e. The highest BCUT2D eigenvalue weighted by Crippen LogP contribution is 2.34. The van der Waals surface area contributed by atoms with Crippen LogP contribution in [0.5, 0.6) is 5.75 Å². The minimum Gasteiger partial charge on any atom is -0.487 e. The normalized spacial score (nSPS) is 11.2. The molecule has 0 atom stereocenters. The molecule has 0 aliphatic carbocycles. The van der Waals surface area contributed by atoms with Gasteiger partial charge in [0, 0.05) is 19.4 Å². The van der Waals surface area contributed by atoms with Crippen molar-refractivity contribution in [1.82, 2.24) is 4.98 Å². The SMILES string of the molecule is CN(c1cc(-c2ccc(F)cc2)ccc1OCc1ccncc1)S(C)(=O)=O. The molecule has 27 heavy (non-hydrogen) atoms. The van der Waals surface area contributed by atoms with Crippen LogP contribution in [-0.2, 0) is 16.6 Å². The average Bonchev–Trinajstić information content (AvgIpc) is 2.66. The first kappa shape index (κ1) is 18.8. The number of pyridine rings is 1. The van der Waals surface area contributed by atoms with Crippen molar-refractivity contribution in [2.24, 2.45) is 0 Å². The predicted molar refractivity (Wildman–Crippen MR) is 104 cm³/mol. The Labute approximate surface area is 158 Å². The van der Waals surface area contributed by atoms with Crippen LogP contribution >= 0.6 is 0 Å². The number of ether oxygens (including phenoxy) is 1. The van der Waals surface area contributed by atoms with Crippen molar-refractivity contribution in [2.45, 2.75) is 6.61 Å². The van der Waals surface area contributed by atoms with Crippen molar-refractivity contribution in [3.05, 3.63) is 78.4 Å². The first-order valence-corrected chi connectivity index (χ1v) is 10.0. The van der Waals surface area contributed by atoms with Crippen LogP contribution in [0.2, 0.25) is 0 Å². The summed E-state index contributed by atoms with van der Waals surface area (Å²) in [6, 6.07) is 14.9. The number of hydrogen-bond acceptors (Lipinski definition) is 4. The number of nitrogens with zero attached hydrogens (tertiary/aromatic N) is 2. The highest BCUT2D eigenvalue weighted by atomic mass is 32.2. The van der Waals surface area contributed by atoms with E-state index in [1.165, 1.54) is 23.5 Å². The van der Waals surface area contributed by atoms with Crippen LogP contribution in [0.25, 0.3) is 11.1 Å². The fourth-order valence-electron chi connectivity index (χ4n) is 2.53. The fourth-order valence-corrected chi connectivity index (χ4v) is 3.03. The summed E-state index contributed by atoms with van der Waals surface area (Å²) < 4.78 is 44.3. The summed E-state index contributed by atoms with van der Waals surface area (Å²) in [5.74, 6) is 0.107. The maximum atomic E-state index is 13.2. The molecule has 0 N–H and O–H groups in total. The summed E-state index contributed by atoms with van der Waals surface area (Å²) in [7, 11) is -2.01. The molecule has 3 aromatic rings. The molecule has 0 radical (unpaired) electrons. The molecule has 1 aromatic heterocycles. The maximum Gasteiger partial charge on any atom is 0.232 e. The predicted octanol–water partition coefficient (Wildman–Crippen LogP) is 3.86. The van der Waals surface area contributed by atoms with Crippen molar-refractivity contribution in [2.75, 3.05) is 17.6 Å². The van der Waals surface area contributed by atoms with Crippen LogP contribution in [0.3, 0.4) is 0 Å². The van der Waals surface area contributed by atoms with Gasteiger partial charge in [0.15, 0.2) is 0 Å². The van der Waals surface area contributed by atoms with E-state index in [9.17, 15) is 12.8 Å². The number of benzene rings is 2. The zero-order chi connectivity index (χ0) is 19.4. The topological polar surface area (TPSA) is 59.5 Å². The second kappa shape index (κ2) is 7.75. The molecular weight excluding hydrogens is 367 g/mol. The second-order valence-electron chi connectivity index (χ2n) is 6.06. The van der Waals surface area contributed by atoms with Gasteiger partial charge < -0.3 is 4.74 Å². The average molecular weight is 386 g/mol. The standard InChI is InChI=1S/C20H19FN2O3S/c1-23(27(2,24)25)19-13-17(16-3-6-18(21)7-4-16)5-8-20(19)26-14-15-9-11-22-12-10-15/h3-13H,14H2,1-2H3. The lowest BCUT2D eigenvalue weighted by Gasteiger charge is -2.21. The highest BCUT2D eigenvalue weighted by Gasteiger charge is 2.18. The van der Waals surface area contributed by atoms with E-state index < -0.39 is 10.0 Å². The quantitative estimate of drug-likeness (QED) is 0.645. The lowest BCUT2D eigenvalue weighted by Crippen LogP contribution is -2.25. The molecule has 0 bridgehead atoms. The smallest absolute Gasteiger partial charge is 0.232 e. The summed E-state index contributed by atoms with van der Waals surface area (Å²) in [4.78, 5) is 3.96. The molecule has 0 spiro atoms. The van der Waals surface area contributed by atoms with Gasteiger partial charge in [-0.2, -0.15) is 0 Å². The van der Waals surface area contributed by atoms with Crippen LogP contribution in [0, 0.1) is 5.82 Å². The molecule has 3 rings (SSSR count). The Balaban J connectivity index is 1.97. The third kappa shape index (κ3) is 4.62. The number of rotatable bonds is 6. The summed E-state index contributed by atoms with van der Waals surface area (Å²) in [5, 5.41) is 0. The summed E-state index contributed by atoms with van der Waals surface area (Å²) >= 11 is 0. The molecule has 7 heteroatoms. The van der Waals surface area contributed by atoms with Crippen LogP contribution in [0.4, 0.5) is 10.1 Å². The molecule has 140 valence electrons. The summed E-state index contributed by atoms with van der Waals surface area (Å²) in [6.45, 7) is 0.281. The van der Waals surface area contributed by atoms with E-state index in [0.29, 0.717) is 11.4 Å². The van der Waals surface area contributed by atoms with Crippen LogP contribution in [0.1, 0.15) is 5.56 Å². The molecule has 0 unspecified atom stereocenters. The Kier molecular flexibility index (Phi) is 5.41. The van der Waals surface area contributed by atoms with Gasteiger partial charge in [-0.25, -0.2) is 12.8 Å². The van der Waals surface area contributed by atoms with Gasteiger partial charge in [-0.1, -0.05) is 18.2 Å². The molecule has 0 aliphatic heterocycles.